The van der Waals surface area contributed by atoms with Gasteiger partial charge in [0.1, 0.15) is 17.3 Å². The molecule has 0 aliphatic rings. The highest BCUT2D eigenvalue weighted by Crippen LogP contribution is 2.24. The molecule has 0 atom stereocenters. The van der Waals surface area contributed by atoms with Crippen molar-refractivity contribution < 1.29 is 13.9 Å². The van der Waals surface area contributed by atoms with Crippen LogP contribution < -0.4 is 4.74 Å². The lowest BCUT2D eigenvalue weighted by Crippen LogP contribution is -2.04. The smallest absolute Gasteiger partial charge is 0.170 e. The fourth-order valence-corrected chi connectivity index (χ4v) is 2.69. The predicted molar refractivity (Wildman–Crippen MR) is 89.7 cm³/mol. The Morgan fingerprint density at radius 1 is 1.21 bits per heavy atom. The van der Waals surface area contributed by atoms with Gasteiger partial charge in [-0.15, -0.1) is 0 Å². The van der Waals surface area contributed by atoms with Gasteiger partial charge in [-0.05, 0) is 42.0 Å². The van der Waals surface area contributed by atoms with Crippen molar-refractivity contribution in [2.45, 2.75) is 6.42 Å². The number of carbonyl (C=O) groups is 1. The minimum atomic E-state index is -0.428. The van der Waals surface area contributed by atoms with Crippen LogP contribution in [-0.4, -0.2) is 23.2 Å². The molecule has 0 bridgehead atoms. The van der Waals surface area contributed by atoms with Crippen molar-refractivity contribution in [1.29, 1.82) is 0 Å². The first-order valence-corrected chi connectivity index (χ1v) is 7.61. The van der Waals surface area contributed by atoms with E-state index >= 15 is 0 Å². The van der Waals surface area contributed by atoms with Crippen molar-refractivity contribution in [1.82, 2.24) is 9.78 Å². The van der Waals surface area contributed by atoms with E-state index in [-0.39, 0.29) is 5.02 Å². The van der Waals surface area contributed by atoms with Gasteiger partial charge in [0.15, 0.2) is 6.29 Å². The lowest BCUT2D eigenvalue weighted by Gasteiger charge is -2.10. The van der Waals surface area contributed by atoms with Crippen LogP contribution in [0.2, 0.25) is 5.02 Å². The summed E-state index contributed by atoms with van der Waals surface area (Å²) in [5.74, 6) is 0.339. The Kier molecular flexibility index (Phi) is 4.62. The minimum Gasteiger partial charge on any atom is -0.497 e. The fraction of sp³-hybridized carbons (Fsp3) is 0.111. The van der Waals surface area contributed by atoms with Crippen molar-refractivity contribution in [2.75, 3.05) is 7.11 Å². The van der Waals surface area contributed by atoms with Gasteiger partial charge in [0.25, 0.3) is 0 Å². The molecule has 4 nitrogen and oxygen atoms in total. The van der Waals surface area contributed by atoms with Crippen LogP contribution in [0.15, 0.2) is 48.5 Å². The molecule has 0 N–H and O–H groups in total. The zero-order chi connectivity index (χ0) is 17.1. The van der Waals surface area contributed by atoms with Gasteiger partial charge in [-0.1, -0.05) is 23.7 Å². The number of nitrogens with zero attached hydrogens (tertiary/aromatic N) is 2. The summed E-state index contributed by atoms with van der Waals surface area (Å²) in [5.41, 5.74) is 2.61. The second kappa shape index (κ2) is 6.84. The second-order valence-electron chi connectivity index (χ2n) is 5.21. The second-order valence-corrected chi connectivity index (χ2v) is 5.62. The maximum absolute atomic E-state index is 13.3. The zero-order valence-corrected chi connectivity index (χ0v) is 13.6. The summed E-state index contributed by atoms with van der Waals surface area (Å²) in [6.07, 6.45) is 1.21. The van der Waals surface area contributed by atoms with Crippen molar-refractivity contribution >= 4 is 17.9 Å². The van der Waals surface area contributed by atoms with Gasteiger partial charge in [-0.3, -0.25) is 4.79 Å². The SMILES string of the molecule is COc1ccc(Cc2cc(C=O)nn2-c2ccc(F)cc2Cl)cc1. The number of methoxy groups -OCH3 is 1. The fourth-order valence-electron chi connectivity index (χ4n) is 2.44. The number of carbonyl (C=O) groups excluding carboxylic acids is 1. The van der Waals surface area contributed by atoms with Gasteiger partial charge >= 0.3 is 0 Å². The third-order valence-corrected chi connectivity index (χ3v) is 3.91. The highest BCUT2D eigenvalue weighted by molar-refractivity contribution is 6.32. The van der Waals surface area contributed by atoms with Crippen molar-refractivity contribution in [3.8, 4) is 11.4 Å². The van der Waals surface area contributed by atoms with E-state index in [1.807, 2.05) is 24.3 Å². The highest BCUT2D eigenvalue weighted by Gasteiger charge is 2.13. The zero-order valence-electron chi connectivity index (χ0n) is 12.9. The molecular weight excluding hydrogens is 331 g/mol. The number of benzene rings is 2. The van der Waals surface area contributed by atoms with Crippen molar-refractivity contribution in [3.05, 3.63) is 76.3 Å². The minimum absolute atomic E-state index is 0.228. The summed E-state index contributed by atoms with van der Waals surface area (Å²) in [6, 6.07) is 13.3. The number of rotatable bonds is 5. The topological polar surface area (TPSA) is 44.1 Å². The van der Waals surface area contributed by atoms with E-state index in [1.165, 1.54) is 18.2 Å². The van der Waals surface area contributed by atoms with Gasteiger partial charge in [-0.25, -0.2) is 9.07 Å². The number of hydrogen-bond acceptors (Lipinski definition) is 3. The first-order chi connectivity index (χ1) is 11.6. The monoisotopic (exact) mass is 344 g/mol. The third-order valence-electron chi connectivity index (χ3n) is 3.60. The van der Waals surface area contributed by atoms with Gasteiger partial charge in [0.05, 0.1) is 17.8 Å². The van der Waals surface area contributed by atoms with E-state index in [0.29, 0.717) is 24.1 Å². The maximum Gasteiger partial charge on any atom is 0.170 e. The van der Waals surface area contributed by atoms with E-state index in [9.17, 15) is 9.18 Å². The molecule has 3 rings (SSSR count). The largest absolute Gasteiger partial charge is 0.497 e. The molecule has 0 amide bonds. The Hall–Kier alpha value is -2.66. The molecule has 1 aromatic heterocycles. The van der Waals surface area contributed by atoms with Crippen LogP contribution in [0.25, 0.3) is 5.69 Å². The number of aromatic nitrogens is 2. The molecule has 122 valence electrons. The van der Waals surface area contributed by atoms with E-state index in [2.05, 4.69) is 5.10 Å². The summed E-state index contributed by atoms with van der Waals surface area (Å²) in [5, 5.41) is 4.46. The Labute approximate surface area is 143 Å². The Bertz CT molecular complexity index is 875. The lowest BCUT2D eigenvalue weighted by atomic mass is 10.1. The van der Waals surface area contributed by atoms with Gasteiger partial charge in [0, 0.05) is 12.1 Å². The van der Waals surface area contributed by atoms with Crippen LogP contribution in [0.1, 0.15) is 21.7 Å². The van der Waals surface area contributed by atoms with Crippen LogP contribution in [-0.2, 0) is 6.42 Å². The van der Waals surface area contributed by atoms with E-state index in [4.69, 9.17) is 16.3 Å². The van der Waals surface area contributed by atoms with E-state index < -0.39 is 5.82 Å². The van der Waals surface area contributed by atoms with E-state index in [0.717, 1.165) is 17.0 Å². The predicted octanol–water partition coefficient (Wildman–Crippen LogP) is 4.08. The molecule has 6 heteroatoms. The van der Waals surface area contributed by atoms with Crippen LogP contribution >= 0.6 is 11.6 Å². The summed E-state index contributed by atoms with van der Waals surface area (Å²) >= 11 is 6.13. The molecule has 0 unspecified atom stereocenters. The molecule has 0 saturated carbocycles. The molecule has 0 fully saturated rings. The first-order valence-electron chi connectivity index (χ1n) is 7.23. The van der Waals surface area contributed by atoms with Crippen molar-refractivity contribution in [2.24, 2.45) is 0 Å². The summed E-state index contributed by atoms with van der Waals surface area (Å²) in [7, 11) is 1.61. The highest BCUT2D eigenvalue weighted by atomic mass is 35.5. The number of halogens is 2. The average Bonchev–Trinajstić information content (AvgIpc) is 2.98. The van der Waals surface area contributed by atoms with Crippen LogP contribution in [0, 0.1) is 5.82 Å². The molecule has 0 spiro atoms. The molecule has 0 aliphatic carbocycles. The molecular formula is C18H14ClFN2O2. The van der Waals surface area contributed by atoms with Crippen LogP contribution in [0.3, 0.4) is 0 Å². The Morgan fingerprint density at radius 2 is 1.96 bits per heavy atom. The average molecular weight is 345 g/mol. The van der Waals surface area contributed by atoms with Gasteiger partial charge in [0.2, 0.25) is 0 Å². The molecule has 0 aliphatic heterocycles. The Balaban J connectivity index is 2.00. The summed E-state index contributed by atoms with van der Waals surface area (Å²) < 4.78 is 20.0. The normalized spacial score (nSPS) is 10.6. The lowest BCUT2D eigenvalue weighted by molar-refractivity contribution is 0.111. The quantitative estimate of drug-likeness (QED) is 0.655. The number of ether oxygens (including phenoxy) is 1. The number of aldehydes is 1. The number of hydrogen-bond donors (Lipinski definition) is 0. The standard InChI is InChI=1S/C18H14ClFN2O2/c1-24-16-5-2-12(3-6-16)8-15-10-14(11-23)21-22(15)18-7-4-13(20)9-17(18)19/h2-7,9-11H,8H2,1H3. The molecule has 2 aromatic carbocycles. The third kappa shape index (κ3) is 3.31. The van der Waals surface area contributed by atoms with Crippen LogP contribution in [0.5, 0.6) is 5.75 Å². The Morgan fingerprint density at radius 3 is 2.58 bits per heavy atom. The molecule has 0 radical (unpaired) electrons. The summed E-state index contributed by atoms with van der Waals surface area (Å²) in [6.45, 7) is 0. The molecule has 24 heavy (non-hydrogen) atoms. The van der Waals surface area contributed by atoms with Crippen molar-refractivity contribution in [3.63, 3.8) is 0 Å². The van der Waals surface area contributed by atoms with Gasteiger partial charge < -0.3 is 4.74 Å². The van der Waals surface area contributed by atoms with Crippen LogP contribution in [0.4, 0.5) is 4.39 Å². The first kappa shape index (κ1) is 16.2. The maximum atomic E-state index is 13.3. The molecule has 0 saturated heterocycles. The molecule has 3 aromatic rings. The molecule has 1 heterocycles. The van der Waals surface area contributed by atoms with Gasteiger partial charge in [-0.2, -0.15) is 5.10 Å². The van der Waals surface area contributed by atoms with E-state index in [1.54, 1.807) is 17.9 Å². The summed E-state index contributed by atoms with van der Waals surface area (Å²) in [4.78, 5) is 11.1.